The maximum atomic E-state index is 10.9. The first-order chi connectivity index (χ1) is 8.04. The number of rotatable bonds is 6. The molecule has 4 heteroatoms. The van der Waals surface area contributed by atoms with E-state index >= 15 is 0 Å². The number of aryl methyl sites for hydroxylation is 2. The molecule has 1 unspecified atom stereocenters. The lowest BCUT2D eigenvalue weighted by Gasteiger charge is -2.15. The topological polar surface area (TPSA) is 58.6 Å². The number of hydrogen-bond acceptors (Lipinski definition) is 3. The van der Waals surface area contributed by atoms with E-state index in [4.69, 9.17) is 9.84 Å². The van der Waals surface area contributed by atoms with Crippen molar-refractivity contribution in [2.24, 2.45) is 0 Å². The SMILES string of the molecule is CCNC(COc1ccc(C)cc1C)C(=O)O. The van der Waals surface area contributed by atoms with Crippen molar-refractivity contribution >= 4 is 5.97 Å². The highest BCUT2D eigenvalue weighted by Crippen LogP contribution is 2.18. The standard InChI is InChI=1S/C13H19NO3/c1-4-14-11(13(15)16)8-17-12-6-5-9(2)7-10(12)3/h5-7,11,14H,4,8H2,1-3H3,(H,15,16). The summed E-state index contributed by atoms with van der Waals surface area (Å²) < 4.78 is 5.52. The molecule has 0 aliphatic heterocycles. The molecule has 0 aliphatic carbocycles. The number of hydrogen-bond donors (Lipinski definition) is 2. The van der Waals surface area contributed by atoms with Crippen molar-refractivity contribution in [1.82, 2.24) is 5.32 Å². The summed E-state index contributed by atoms with van der Waals surface area (Å²) in [5.41, 5.74) is 2.18. The number of benzene rings is 1. The molecule has 1 rings (SSSR count). The summed E-state index contributed by atoms with van der Waals surface area (Å²) in [7, 11) is 0. The molecule has 0 aliphatic rings. The molecule has 0 fully saturated rings. The van der Waals surface area contributed by atoms with E-state index in [1.165, 1.54) is 0 Å². The van der Waals surface area contributed by atoms with Crippen LogP contribution in [-0.4, -0.2) is 30.3 Å². The molecule has 0 spiro atoms. The second-order valence-electron chi connectivity index (χ2n) is 4.03. The monoisotopic (exact) mass is 237 g/mol. The Balaban J connectivity index is 2.62. The zero-order valence-corrected chi connectivity index (χ0v) is 10.5. The Hall–Kier alpha value is -1.55. The summed E-state index contributed by atoms with van der Waals surface area (Å²) in [6, 6.07) is 5.17. The van der Waals surface area contributed by atoms with Crippen LogP contribution in [0, 0.1) is 13.8 Å². The first-order valence-corrected chi connectivity index (χ1v) is 5.70. The van der Waals surface area contributed by atoms with Crippen molar-refractivity contribution in [2.45, 2.75) is 26.8 Å². The van der Waals surface area contributed by atoms with Crippen LogP contribution in [0.15, 0.2) is 18.2 Å². The smallest absolute Gasteiger partial charge is 0.324 e. The molecule has 0 aromatic heterocycles. The van der Waals surface area contributed by atoms with Crippen molar-refractivity contribution < 1.29 is 14.6 Å². The Morgan fingerprint density at radius 3 is 2.71 bits per heavy atom. The van der Waals surface area contributed by atoms with Crippen LogP contribution >= 0.6 is 0 Å². The predicted octanol–water partition coefficient (Wildman–Crippen LogP) is 1.74. The Morgan fingerprint density at radius 2 is 2.18 bits per heavy atom. The van der Waals surface area contributed by atoms with Crippen LogP contribution in [-0.2, 0) is 4.79 Å². The molecule has 0 saturated carbocycles. The Kier molecular flexibility index (Phi) is 4.97. The lowest BCUT2D eigenvalue weighted by atomic mass is 10.1. The van der Waals surface area contributed by atoms with E-state index in [1.807, 2.05) is 39.0 Å². The highest BCUT2D eigenvalue weighted by molar-refractivity contribution is 5.73. The third-order valence-electron chi connectivity index (χ3n) is 2.48. The van der Waals surface area contributed by atoms with E-state index in [-0.39, 0.29) is 6.61 Å². The molecule has 0 heterocycles. The quantitative estimate of drug-likeness (QED) is 0.791. The predicted molar refractivity (Wildman–Crippen MR) is 66.5 cm³/mol. The number of aliphatic carboxylic acids is 1. The maximum absolute atomic E-state index is 10.9. The summed E-state index contributed by atoms with van der Waals surface area (Å²) in [4.78, 5) is 10.9. The summed E-state index contributed by atoms with van der Waals surface area (Å²) in [6.45, 7) is 6.56. The van der Waals surface area contributed by atoms with Crippen molar-refractivity contribution in [1.29, 1.82) is 0 Å². The summed E-state index contributed by atoms with van der Waals surface area (Å²) in [6.07, 6.45) is 0. The second kappa shape index (κ2) is 6.25. The zero-order chi connectivity index (χ0) is 12.8. The Bertz CT molecular complexity index is 390. The molecule has 0 bridgehead atoms. The van der Waals surface area contributed by atoms with Gasteiger partial charge in [0.15, 0.2) is 0 Å². The van der Waals surface area contributed by atoms with E-state index < -0.39 is 12.0 Å². The van der Waals surface area contributed by atoms with Crippen LogP contribution in [0.5, 0.6) is 5.75 Å². The number of carboxylic acid groups (broad SMARTS) is 1. The van der Waals surface area contributed by atoms with Gasteiger partial charge in [-0.3, -0.25) is 4.79 Å². The summed E-state index contributed by atoms with van der Waals surface area (Å²) in [5.74, 6) is -0.156. The molecule has 0 radical (unpaired) electrons. The Morgan fingerprint density at radius 1 is 1.47 bits per heavy atom. The van der Waals surface area contributed by atoms with Gasteiger partial charge in [0.05, 0.1) is 0 Å². The molecular weight excluding hydrogens is 218 g/mol. The highest BCUT2D eigenvalue weighted by atomic mass is 16.5. The molecule has 94 valence electrons. The van der Waals surface area contributed by atoms with Gasteiger partial charge in [-0.25, -0.2) is 0 Å². The van der Waals surface area contributed by atoms with Gasteiger partial charge in [-0.15, -0.1) is 0 Å². The second-order valence-corrected chi connectivity index (χ2v) is 4.03. The van der Waals surface area contributed by atoms with Crippen LogP contribution in [0.2, 0.25) is 0 Å². The van der Waals surface area contributed by atoms with Gasteiger partial charge in [0.25, 0.3) is 0 Å². The van der Waals surface area contributed by atoms with Crippen molar-refractivity contribution in [3.8, 4) is 5.75 Å². The van der Waals surface area contributed by atoms with Crippen LogP contribution in [0.25, 0.3) is 0 Å². The first kappa shape index (κ1) is 13.5. The van der Waals surface area contributed by atoms with Gasteiger partial charge in [-0.1, -0.05) is 24.6 Å². The molecule has 0 amide bonds. The van der Waals surface area contributed by atoms with Crippen LogP contribution in [0.1, 0.15) is 18.1 Å². The van der Waals surface area contributed by atoms with Crippen LogP contribution in [0.3, 0.4) is 0 Å². The van der Waals surface area contributed by atoms with Gasteiger partial charge >= 0.3 is 5.97 Å². The Labute approximate surface area is 102 Å². The van der Waals surface area contributed by atoms with E-state index in [0.29, 0.717) is 6.54 Å². The van der Waals surface area contributed by atoms with E-state index in [0.717, 1.165) is 16.9 Å². The zero-order valence-electron chi connectivity index (χ0n) is 10.5. The average Bonchev–Trinajstić information content (AvgIpc) is 2.25. The van der Waals surface area contributed by atoms with Gasteiger partial charge in [0.2, 0.25) is 0 Å². The minimum Gasteiger partial charge on any atom is -0.491 e. The number of nitrogens with one attached hydrogen (secondary N) is 1. The first-order valence-electron chi connectivity index (χ1n) is 5.70. The van der Waals surface area contributed by atoms with Gasteiger partial charge < -0.3 is 15.2 Å². The maximum Gasteiger partial charge on any atom is 0.324 e. The third-order valence-corrected chi connectivity index (χ3v) is 2.48. The average molecular weight is 237 g/mol. The number of carbonyl (C=O) groups is 1. The fourth-order valence-corrected chi connectivity index (χ4v) is 1.60. The molecule has 4 nitrogen and oxygen atoms in total. The van der Waals surface area contributed by atoms with Crippen LogP contribution < -0.4 is 10.1 Å². The largest absolute Gasteiger partial charge is 0.491 e. The number of ether oxygens (including phenoxy) is 1. The molecule has 1 aromatic carbocycles. The van der Waals surface area contributed by atoms with Crippen molar-refractivity contribution in [2.75, 3.05) is 13.2 Å². The van der Waals surface area contributed by atoms with Crippen molar-refractivity contribution in [3.05, 3.63) is 29.3 Å². The summed E-state index contributed by atoms with van der Waals surface area (Å²) in [5, 5.41) is 11.8. The minimum atomic E-state index is -0.892. The lowest BCUT2D eigenvalue weighted by molar-refractivity contribution is -0.140. The fraction of sp³-hybridized carbons (Fsp3) is 0.462. The number of carboxylic acids is 1. The van der Waals surface area contributed by atoms with E-state index in [9.17, 15) is 4.79 Å². The molecule has 1 atom stereocenters. The molecule has 17 heavy (non-hydrogen) atoms. The number of likely N-dealkylation sites (N-methyl/N-ethyl adjacent to an activating group) is 1. The van der Waals surface area contributed by atoms with Gasteiger partial charge in [-0.2, -0.15) is 0 Å². The molecule has 0 saturated heterocycles. The van der Waals surface area contributed by atoms with E-state index in [1.54, 1.807) is 0 Å². The fourth-order valence-electron chi connectivity index (χ4n) is 1.60. The summed E-state index contributed by atoms with van der Waals surface area (Å²) >= 11 is 0. The van der Waals surface area contributed by atoms with Gasteiger partial charge in [0, 0.05) is 0 Å². The van der Waals surface area contributed by atoms with E-state index in [2.05, 4.69) is 5.32 Å². The minimum absolute atomic E-state index is 0.132. The van der Waals surface area contributed by atoms with Gasteiger partial charge in [-0.05, 0) is 32.0 Å². The highest BCUT2D eigenvalue weighted by Gasteiger charge is 2.16. The third kappa shape index (κ3) is 4.07. The lowest BCUT2D eigenvalue weighted by Crippen LogP contribution is -2.41. The molecule has 2 N–H and O–H groups in total. The normalized spacial score (nSPS) is 12.2. The van der Waals surface area contributed by atoms with Crippen molar-refractivity contribution in [3.63, 3.8) is 0 Å². The van der Waals surface area contributed by atoms with Crippen LogP contribution in [0.4, 0.5) is 0 Å². The molecular formula is C13H19NO3. The van der Waals surface area contributed by atoms with Gasteiger partial charge in [0.1, 0.15) is 18.4 Å². The molecule has 1 aromatic rings.